The van der Waals surface area contributed by atoms with Crippen molar-refractivity contribution in [3.63, 3.8) is 0 Å². The van der Waals surface area contributed by atoms with Crippen molar-refractivity contribution in [3.05, 3.63) is 45.3 Å². The number of rotatable bonds is 5. The minimum atomic E-state index is -0.126. The van der Waals surface area contributed by atoms with E-state index in [4.69, 9.17) is 11.6 Å². The Kier molecular flexibility index (Phi) is 5.44. The van der Waals surface area contributed by atoms with Crippen molar-refractivity contribution in [2.24, 2.45) is 0 Å². The predicted molar refractivity (Wildman–Crippen MR) is 94.4 cm³/mol. The van der Waals surface area contributed by atoms with Gasteiger partial charge in [-0.1, -0.05) is 17.7 Å². The number of hydrogen-bond acceptors (Lipinski definition) is 3. The molecule has 0 aliphatic heterocycles. The van der Waals surface area contributed by atoms with Crippen molar-refractivity contribution in [2.75, 3.05) is 34.7 Å². The highest BCUT2D eigenvalue weighted by Gasteiger charge is 2.16. The van der Waals surface area contributed by atoms with Crippen molar-refractivity contribution in [1.29, 1.82) is 0 Å². The second-order valence-corrected chi connectivity index (χ2v) is 6.52. The van der Waals surface area contributed by atoms with E-state index in [2.05, 4.69) is 4.90 Å². The number of fused-ring (bicyclic) bond motifs is 1. The summed E-state index contributed by atoms with van der Waals surface area (Å²) in [6.45, 7) is 1.43. The number of nitrogens with zero attached hydrogens (tertiary/aromatic N) is 3. The smallest absolute Gasteiger partial charge is 0.258 e. The van der Waals surface area contributed by atoms with E-state index in [0.717, 1.165) is 13.0 Å². The van der Waals surface area contributed by atoms with Crippen LogP contribution in [0.25, 0.3) is 10.8 Å². The van der Waals surface area contributed by atoms with Crippen molar-refractivity contribution >= 4 is 28.3 Å². The van der Waals surface area contributed by atoms with Crippen LogP contribution < -0.4 is 5.56 Å². The number of carbonyl (C=O) groups is 1. The number of benzene rings is 1. The molecule has 0 saturated carbocycles. The molecule has 0 aliphatic rings. The largest absolute Gasteiger partial charge is 0.345 e. The van der Waals surface area contributed by atoms with Crippen LogP contribution in [0.2, 0.25) is 5.02 Å². The summed E-state index contributed by atoms with van der Waals surface area (Å²) in [7, 11) is 7.38. The van der Waals surface area contributed by atoms with Gasteiger partial charge in [0.15, 0.2) is 0 Å². The number of aromatic nitrogens is 1. The van der Waals surface area contributed by atoms with E-state index >= 15 is 0 Å². The third-order valence-electron chi connectivity index (χ3n) is 3.69. The number of carbonyl (C=O) groups excluding carboxylic acids is 1. The molecule has 0 N–H and O–H groups in total. The van der Waals surface area contributed by atoms with Crippen LogP contribution in [0.1, 0.15) is 16.8 Å². The second-order valence-electron chi connectivity index (χ2n) is 6.09. The van der Waals surface area contributed by atoms with Crippen LogP contribution >= 0.6 is 11.6 Å². The third kappa shape index (κ3) is 3.92. The summed E-state index contributed by atoms with van der Waals surface area (Å²) in [6, 6.07) is 5.07. The molecule has 1 aromatic heterocycles. The summed E-state index contributed by atoms with van der Waals surface area (Å²) in [5.74, 6) is -0.126. The molecule has 0 fully saturated rings. The maximum Gasteiger partial charge on any atom is 0.258 e. The molecule has 6 heteroatoms. The van der Waals surface area contributed by atoms with E-state index in [9.17, 15) is 9.59 Å². The number of hydrogen-bond donors (Lipinski definition) is 0. The summed E-state index contributed by atoms with van der Waals surface area (Å²) in [6.07, 6.45) is 2.49. The molecule has 0 atom stereocenters. The Balaban J connectivity index is 2.57. The Bertz CT molecular complexity index is 781. The molecule has 0 saturated heterocycles. The molecule has 124 valence electrons. The van der Waals surface area contributed by atoms with Gasteiger partial charge in [-0.3, -0.25) is 9.59 Å². The number of pyridine rings is 1. The maximum absolute atomic E-state index is 12.7. The van der Waals surface area contributed by atoms with Crippen LogP contribution in [0.3, 0.4) is 0 Å². The quantitative estimate of drug-likeness (QED) is 0.842. The Morgan fingerprint density at radius 3 is 2.48 bits per heavy atom. The molecule has 2 rings (SSSR count). The Morgan fingerprint density at radius 1 is 1.17 bits per heavy atom. The highest BCUT2D eigenvalue weighted by Crippen LogP contribution is 2.21. The summed E-state index contributed by atoms with van der Waals surface area (Å²) in [4.78, 5) is 28.7. The molecule has 0 radical (unpaired) electrons. The van der Waals surface area contributed by atoms with Crippen molar-refractivity contribution in [1.82, 2.24) is 14.4 Å². The number of halogens is 1. The molecule has 0 aliphatic carbocycles. The van der Waals surface area contributed by atoms with E-state index in [1.165, 1.54) is 4.90 Å². The first kappa shape index (κ1) is 17.5. The minimum Gasteiger partial charge on any atom is -0.345 e. The predicted octanol–water partition coefficient (Wildman–Crippen LogP) is 2.31. The van der Waals surface area contributed by atoms with Gasteiger partial charge in [0.1, 0.15) is 0 Å². The van der Waals surface area contributed by atoms with Crippen molar-refractivity contribution in [2.45, 2.75) is 13.0 Å². The van der Waals surface area contributed by atoms with Gasteiger partial charge in [0.05, 0.1) is 5.56 Å². The molecule has 1 amide bonds. The molecule has 2 aromatic rings. The molecular weight excluding hydrogens is 314 g/mol. The average molecular weight is 336 g/mol. The van der Waals surface area contributed by atoms with E-state index in [1.807, 2.05) is 14.1 Å². The zero-order valence-electron chi connectivity index (χ0n) is 14.0. The molecule has 0 spiro atoms. The summed E-state index contributed by atoms with van der Waals surface area (Å²) < 4.78 is 1.61. The Labute approximate surface area is 141 Å². The molecule has 23 heavy (non-hydrogen) atoms. The van der Waals surface area contributed by atoms with Crippen LogP contribution in [0.5, 0.6) is 0 Å². The first-order chi connectivity index (χ1) is 10.8. The summed E-state index contributed by atoms with van der Waals surface area (Å²) in [5.41, 5.74) is 0.405. The van der Waals surface area contributed by atoms with Crippen LogP contribution in [0.4, 0.5) is 0 Å². The Morgan fingerprint density at radius 2 is 1.87 bits per heavy atom. The van der Waals surface area contributed by atoms with Crippen molar-refractivity contribution < 1.29 is 4.79 Å². The van der Waals surface area contributed by atoms with Crippen molar-refractivity contribution in [3.8, 4) is 0 Å². The normalized spacial score (nSPS) is 11.2. The summed E-state index contributed by atoms with van der Waals surface area (Å²) in [5, 5.41) is 1.61. The van der Waals surface area contributed by atoms with Gasteiger partial charge in [-0.05, 0) is 39.2 Å². The highest BCUT2D eigenvalue weighted by atomic mass is 35.5. The molecule has 0 bridgehead atoms. The van der Waals surface area contributed by atoms with Gasteiger partial charge in [0.2, 0.25) is 0 Å². The van der Waals surface area contributed by atoms with Gasteiger partial charge in [-0.2, -0.15) is 0 Å². The van der Waals surface area contributed by atoms with Gasteiger partial charge < -0.3 is 14.4 Å². The highest BCUT2D eigenvalue weighted by molar-refractivity contribution is 6.31. The van der Waals surface area contributed by atoms with E-state index < -0.39 is 0 Å². The number of aryl methyl sites for hydroxylation is 1. The van der Waals surface area contributed by atoms with E-state index in [1.54, 1.807) is 43.1 Å². The fraction of sp³-hybridized carbons (Fsp3) is 0.412. The molecule has 5 nitrogen and oxygen atoms in total. The molecular formula is C17H22ClN3O2. The fourth-order valence-electron chi connectivity index (χ4n) is 2.50. The molecule has 1 heterocycles. The lowest BCUT2D eigenvalue weighted by Gasteiger charge is -2.16. The molecule has 1 aromatic carbocycles. The molecule has 0 unspecified atom stereocenters. The standard InChI is InChI=1S/C17H22ClN3O2/c1-19(2)8-5-9-21-11-15(16(22)20(3)4)13-7-6-12(18)10-14(13)17(21)23/h6-7,10-11H,5,8-9H2,1-4H3. The number of amides is 1. The summed E-state index contributed by atoms with van der Waals surface area (Å²) >= 11 is 6.03. The van der Waals surface area contributed by atoms with Gasteiger partial charge in [0.25, 0.3) is 11.5 Å². The average Bonchev–Trinajstić information content (AvgIpc) is 2.48. The lowest BCUT2D eigenvalue weighted by molar-refractivity contribution is 0.0828. The lowest BCUT2D eigenvalue weighted by Crippen LogP contribution is -2.27. The monoisotopic (exact) mass is 335 g/mol. The maximum atomic E-state index is 12.7. The van der Waals surface area contributed by atoms with Gasteiger partial charge in [-0.15, -0.1) is 0 Å². The van der Waals surface area contributed by atoms with E-state index in [0.29, 0.717) is 27.9 Å². The minimum absolute atomic E-state index is 0.114. The van der Waals surface area contributed by atoms with Gasteiger partial charge in [0, 0.05) is 42.6 Å². The van der Waals surface area contributed by atoms with Gasteiger partial charge >= 0.3 is 0 Å². The van der Waals surface area contributed by atoms with Crippen LogP contribution in [-0.2, 0) is 6.54 Å². The third-order valence-corrected chi connectivity index (χ3v) is 3.92. The van der Waals surface area contributed by atoms with Gasteiger partial charge in [-0.25, -0.2) is 0 Å². The van der Waals surface area contributed by atoms with Crippen LogP contribution in [0.15, 0.2) is 29.2 Å². The second kappa shape index (κ2) is 7.15. The van der Waals surface area contributed by atoms with Crippen LogP contribution in [-0.4, -0.2) is 55.0 Å². The van der Waals surface area contributed by atoms with E-state index in [-0.39, 0.29) is 11.5 Å². The zero-order chi connectivity index (χ0) is 17.1. The Hall–Kier alpha value is -1.85. The first-order valence-electron chi connectivity index (χ1n) is 7.50. The first-order valence-corrected chi connectivity index (χ1v) is 7.88. The SMILES string of the molecule is CN(C)CCCn1cc(C(=O)N(C)C)c2ccc(Cl)cc2c1=O. The zero-order valence-corrected chi connectivity index (χ0v) is 14.7. The fourth-order valence-corrected chi connectivity index (χ4v) is 2.67. The van der Waals surface area contributed by atoms with Crippen LogP contribution in [0, 0.1) is 0 Å². The topological polar surface area (TPSA) is 45.6 Å². The lowest BCUT2D eigenvalue weighted by atomic mass is 10.1.